The maximum atomic E-state index is 12.5. The van der Waals surface area contributed by atoms with Crippen molar-refractivity contribution in [3.63, 3.8) is 0 Å². The fourth-order valence-electron chi connectivity index (χ4n) is 3.22. The number of nitro groups is 1. The Morgan fingerprint density at radius 1 is 1.15 bits per heavy atom. The number of hydrogen-bond acceptors (Lipinski definition) is 8. The van der Waals surface area contributed by atoms with Crippen LogP contribution in [-0.4, -0.2) is 21.6 Å². The Hall–Kier alpha value is -4.41. The van der Waals surface area contributed by atoms with E-state index in [4.69, 9.17) is 5.73 Å². The molecule has 9 nitrogen and oxygen atoms in total. The third kappa shape index (κ3) is 5.09. The van der Waals surface area contributed by atoms with Gasteiger partial charge in [-0.05, 0) is 43.2 Å². The second kappa shape index (κ2) is 9.81. The minimum Gasteiger partial charge on any atom is -0.383 e. The molecule has 33 heavy (non-hydrogen) atoms. The van der Waals surface area contributed by atoms with Gasteiger partial charge in [-0.25, -0.2) is 4.98 Å². The molecule has 1 amide bonds. The number of nitriles is 2. The summed E-state index contributed by atoms with van der Waals surface area (Å²) in [6, 6.07) is 15.1. The van der Waals surface area contributed by atoms with E-state index in [0.717, 1.165) is 22.9 Å². The quantitative estimate of drug-likeness (QED) is 0.314. The van der Waals surface area contributed by atoms with E-state index >= 15 is 0 Å². The number of nitrogens with zero attached hydrogens (tertiary/aromatic N) is 4. The number of nitrogen functional groups attached to an aromatic ring is 1. The van der Waals surface area contributed by atoms with Crippen LogP contribution in [0.1, 0.15) is 22.3 Å². The number of pyridine rings is 1. The third-order valence-corrected chi connectivity index (χ3v) is 5.75. The van der Waals surface area contributed by atoms with E-state index in [0.29, 0.717) is 11.3 Å². The number of anilines is 2. The molecule has 1 heterocycles. The molecule has 0 fully saturated rings. The number of benzene rings is 2. The highest BCUT2D eigenvalue weighted by Crippen LogP contribution is 2.36. The maximum Gasteiger partial charge on any atom is 0.269 e. The van der Waals surface area contributed by atoms with Gasteiger partial charge in [-0.3, -0.25) is 14.9 Å². The number of hydrogen-bond donors (Lipinski definition) is 2. The van der Waals surface area contributed by atoms with Crippen LogP contribution in [0.3, 0.4) is 0 Å². The Kier molecular flexibility index (Phi) is 6.91. The molecule has 1 aromatic heterocycles. The lowest BCUT2D eigenvalue weighted by atomic mass is 9.97. The summed E-state index contributed by atoms with van der Waals surface area (Å²) < 4.78 is 0. The number of nitrogens with one attached hydrogen (secondary N) is 1. The number of aromatic nitrogens is 1. The fourth-order valence-corrected chi connectivity index (χ4v) is 4.01. The zero-order valence-electron chi connectivity index (χ0n) is 17.7. The zero-order chi connectivity index (χ0) is 24.1. The Morgan fingerprint density at radius 3 is 2.39 bits per heavy atom. The molecule has 2 aromatic carbocycles. The smallest absolute Gasteiger partial charge is 0.269 e. The summed E-state index contributed by atoms with van der Waals surface area (Å²) >= 11 is 1.01. The summed E-state index contributed by atoms with van der Waals surface area (Å²) in [6.07, 6.45) is 0. The molecule has 3 rings (SSSR count). The molecule has 0 aliphatic rings. The van der Waals surface area contributed by atoms with Gasteiger partial charge >= 0.3 is 0 Å². The van der Waals surface area contributed by atoms with Crippen LogP contribution in [0, 0.1) is 46.6 Å². The van der Waals surface area contributed by atoms with E-state index < -0.39 is 4.92 Å². The van der Waals surface area contributed by atoms with Crippen molar-refractivity contribution in [2.45, 2.75) is 18.9 Å². The standard InChI is InChI=1S/C23H18N6O3S/c1-13-3-8-19(14(2)9-13)27-20(30)12-33-23-18(11-25)21(17(10-24)22(26)28-23)15-4-6-16(7-5-15)29(31)32/h3-9H,12H2,1-2H3,(H2,26,28)(H,27,30). The van der Waals surface area contributed by atoms with Gasteiger partial charge in [-0.15, -0.1) is 0 Å². The lowest BCUT2D eigenvalue weighted by Gasteiger charge is -2.13. The van der Waals surface area contributed by atoms with Gasteiger partial charge < -0.3 is 11.1 Å². The number of thioether (sulfide) groups is 1. The summed E-state index contributed by atoms with van der Waals surface area (Å²) in [4.78, 5) is 27.1. The molecule has 3 aromatic rings. The number of amides is 1. The Labute approximate surface area is 194 Å². The first-order valence-electron chi connectivity index (χ1n) is 9.63. The molecule has 0 saturated heterocycles. The number of nitrogens with two attached hydrogens (primary N) is 1. The van der Waals surface area contributed by atoms with Crippen molar-refractivity contribution in [1.82, 2.24) is 4.98 Å². The molecule has 164 valence electrons. The molecule has 0 atom stereocenters. The van der Waals surface area contributed by atoms with Crippen LogP contribution in [0.15, 0.2) is 47.5 Å². The van der Waals surface area contributed by atoms with E-state index in [2.05, 4.69) is 10.3 Å². The second-order valence-electron chi connectivity index (χ2n) is 7.11. The van der Waals surface area contributed by atoms with Gasteiger partial charge in [0.25, 0.3) is 5.69 Å². The van der Waals surface area contributed by atoms with Crippen molar-refractivity contribution < 1.29 is 9.72 Å². The molecule has 0 radical (unpaired) electrons. The van der Waals surface area contributed by atoms with Crippen molar-refractivity contribution >= 4 is 34.9 Å². The first kappa shape index (κ1) is 23.3. The first-order chi connectivity index (χ1) is 15.7. The fraction of sp³-hybridized carbons (Fsp3) is 0.130. The lowest BCUT2D eigenvalue weighted by molar-refractivity contribution is -0.384. The normalized spacial score (nSPS) is 10.2. The average Bonchev–Trinajstić information content (AvgIpc) is 2.79. The monoisotopic (exact) mass is 458 g/mol. The third-order valence-electron chi connectivity index (χ3n) is 4.78. The number of aryl methyl sites for hydroxylation is 2. The molecule has 0 aliphatic carbocycles. The Bertz CT molecular complexity index is 1340. The zero-order valence-corrected chi connectivity index (χ0v) is 18.6. The highest BCUT2D eigenvalue weighted by atomic mass is 32.2. The van der Waals surface area contributed by atoms with Gasteiger partial charge in [0, 0.05) is 23.4 Å². The van der Waals surface area contributed by atoms with Gasteiger partial charge in [-0.1, -0.05) is 29.5 Å². The minimum atomic E-state index is -0.545. The molecule has 10 heteroatoms. The van der Waals surface area contributed by atoms with Crippen molar-refractivity contribution in [1.29, 1.82) is 10.5 Å². The van der Waals surface area contributed by atoms with Crippen molar-refractivity contribution in [2.24, 2.45) is 0 Å². The Morgan fingerprint density at radius 2 is 1.82 bits per heavy atom. The summed E-state index contributed by atoms with van der Waals surface area (Å²) in [7, 11) is 0. The van der Waals surface area contributed by atoms with Crippen LogP contribution >= 0.6 is 11.8 Å². The van der Waals surface area contributed by atoms with E-state index in [9.17, 15) is 25.4 Å². The van der Waals surface area contributed by atoms with Crippen LogP contribution in [-0.2, 0) is 4.79 Å². The van der Waals surface area contributed by atoms with Crippen LogP contribution in [0.25, 0.3) is 11.1 Å². The van der Waals surface area contributed by atoms with Crippen LogP contribution in [0.2, 0.25) is 0 Å². The van der Waals surface area contributed by atoms with Gasteiger partial charge in [0.15, 0.2) is 0 Å². The van der Waals surface area contributed by atoms with Gasteiger partial charge in [0.2, 0.25) is 5.91 Å². The van der Waals surface area contributed by atoms with Gasteiger partial charge in [0.05, 0.1) is 16.2 Å². The number of carbonyl (C=O) groups is 1. The van der Waals surface area contributed by atoms with Gasteiger partial charge in [0.1, 0.15) is 28.5 Å². The molecule has 0 spiro atoms. The summed E-state index contributed by atoms with van der Waals surface area (Å²) in [5, 5.41) is 33.4. The largest absolute Gasteiger partial charge is 0.383 e. The van der Waals surface area contributed by atoms with E-state index in [1.54, 1.807) is 0 Å². The van der Waals surface area contributed by atoms with Crippen LogP contribution < -0.4 is 11.1 Å². The van der Waals surface area contributed by atoms with Gasteiger partial charge in [-0.2, -0.15) is 10.5 Å². The SMILES string of the molecule is Cc1ccc(NC(=O)CSc2nc(N)c(C#N)c(-c3ccc([N+](=O)[O-])cc3)c2C#N)c(C)c1. The highest BCUT2D eigenvalue weighted by Gasteiger charge is 2.22. The number of carbonyl (C=O) groups excluding carboxylic acids is 1. The predicted octanol–water partition coefficient (Wildman–Crippen LogP) is 4.33. The summed E-state index contributed by atoms with van der Waals surface area (Å²) in [6.45, 7) is 3.85. The van der Waals surface area contributed by atoms with E-state index in [1.807, 2.05) is 44.2 Å². The average molecular weight is 459 g/mol. The molecule has 0 bridgehead atoms. The van der Waals surface area contributed by atoms with Crippen LogP contribution in [0.4, 0.5) is 17.2 Å². The molecule has 0 unspecified atom stereocenters. The Balaban J connectivity index is 1.93. The van der Waals surface area contributed by atoms with E-state index in [-0.39, 0.29) is 44.9 Å². The molecular weight excluding hydrogens is 440 g/mol. The maximum absolute atomic E-state index is 12.5. The molecule has 0 aliphatic heterocycles. The molecule has 0 saturated carbocycles. The number of rotatable bonds is 6. The topological polar surface area (TPSA) is 159 Å². The van der Waals surface area contributed by atoms with Crippen LogP contribution in [0.5, 0.6) is 0 Å². The predicted molar refractivity (Wildman–Crippen MR) is 125 cm³/mol. The lowest BCUT2D eigenvalue weighted by Crippen LogP contribution is -2.15. The molecular formula is C23H18N6O3S. The first-order valence-corrected chi connectivity index (χ1v) is 10.6. The number of nitro benzene ring substituents is 1. The van der Waals surface area contributed by atoms with Crippen molar-refractivity contribution in [3.8, 4) is 23.3 Å². The summed E-state index contributed by atoms with van der Waals surface area (Å²) in [5.74, 6) is -0.431. The minimum absolute atomic E-state index is 0.00974. The second-order valence-corrected chi connectivity index (χ2v) is 8.07. The van der Waals surface area contributed by atoms with Crippen molar-refractivity contribution in [3.05, 3.63) is 74.8 Å². The van der Waals surface area contributed by atoms with E-state index in [1.165, 1.54) is 24.3 Å². The highest BCUT2D eigenvalue weighted by molar-refractivity contribution is 8.00. The summed E-state index contributed by atoms with van der Waals surface area (Å²) in [5.41, 5.74) is 9.22. The number of non-ortho nitro benzene ring substituents is 1. The molecule has 3 N–H and O–H groups in total. The van der Waals surface area contributed by atoms with Crippen molar-refractivity contribution in [2.75, 3.05) is 16.8 Å².